The molecular formula is C15H20N2O2S. The molecule has 1 aliphatic rings. The fourth-order valence-corrected chi connectivity index (χ4v) is 3.26. The van der Waals surface area contributed by atoms with E-state index < -0.39 is 0 Å². The molecule has 5 heteroatoms. The molecule has 0 radical (unpaired) electrons. The molecule has 0 saturated carbocycles. The highest BCUT2D eigenvalue weighted by molar-refractivity contribution is 8.00. The molecule has 0 aromatic heterocycles. The minimum Gasteiger partial charge on any atom is -0.369 e. The molecule has 4 nitrogen and oxygen atoms in total. The van der Waals surface area contributed by atoms with Crippen LogP contribution in [0.3, 0.4) is 0 Å². The number of nitrogens with zero attached hydrogens (tertiary/aromatic N) is 1. The lowest BCUT2D eigenvalue weighted by Crippen LogP contribution is -2.42. The van der Waals surface area contributed by atoms with E-state index in [2.05, 4.69) is 6.92 Å². The first-order valence-corrected chi connectivity index (χ1v) is 7.89. The van der Waals surface area contributed by atoms with Crippen LogP contribution in [0, 0.1) is 0 Å². The van der Waals surface area contributed by atoms with Crippen LogP contribution in [0.25, 0.3) is 0 Å². The molecule has 0 aliphatic carbocycles. The van der Waals surface area contributed by atoms with E-state index in [9.17, 15) is 9.59 Å². The largest absolute Gasteiger partial charge is 0.369 e. The lowest BCUT2D eigenvalue weighted by atomic mass is 10.0. The van der Waals surface area contributed by atoms with Gasteiger partial charge in [0, 0.05) is 17.5 Å². The summed E-state index contributed by atoms with van der Waals surface area (Å²) in [5.74, 6) is -0.117. The summed E-state index contributed by atoms with van der Waals surface area (Å²) in [6.45, 7) is 2.91. The van der Waals surface area contributed by atoms with E-state index in [0.717, 1.165) is 24.3 Å². The molecule has 1 fully saturated rings. The number of carbonyl (C=O) groups is 2. The Morgan fingerprint density at radius 1 is 1.35 bits per heavy atom. The Hall–Kier alpha value is -1.49. The summed E-state index contributed by atoms with van der Waals surface area (Å²) in [6, 6.07) is 7.71. The molecule has 2 amide bonds. The van der Waals surface area contributed by atoms with E-state index in [1.807, 2.05) is 29.2 Å². The monoisotopic (exact) mass is 292 g/mol. The van der Waals surface area contributed by atoms with E-state index in [1.54, 1.807) is 0 Å². The number of hydrogen-bond donors (Lipinski definition) is 1. The second-order valence-corrected chi connectivity index (χ2v) is 6.11. The van der Waals surface area contributed by atoms with Crippen molar-refractivity contribution < 1.29 is 9.59 Å². The Morgan fingerprint density at radius 2 is 2.10 bits per heavy atom. The van der Waals surface area contributed by atoms with Crippen molar-refractivity contribution in [2.75, 3.05) is 12.3 Å². The topological polar surface area (TPSA) is 63.4 Å². The summed E-state index contributed by atoms with van der Waals surface area (Å²) in [6.07, 6.45) is 3.30. The summed E-state index contributed by atoms with van der Waals surface area (Å²) < 4.78 is 0. The van der Waals surface area contributed by atoms with E-state index in [1.165, 1.54) is 18.2 Å². The molecule has 1 heterocycles. The van der Waals surface area contributed by atoms with E-state index in [4.69, 9.17) is 5.73 Å². The molecule has 108 valence electrons. The molecule has 2 rings (SSSR count). The van der Waals surface area contributed by atoms with Gasteiger partial charge in [-0.3, -0.25) is 9.59 Å². The van der Waals surface area contributed by atoms with Gasteiger partial charge in [0.25, 0.3) is 5.91 Å². The zero-order chi connectivity index (χ0) is 14.5. The van der Waals surface area contributed by atoms with Crippen LogP contribution in [0.5, 0.6) is 0 Å². The number of carbonyl (C=O) groups excluding carboxylic acids is 2. The maximum atomic E-state index is 12.7. The Kier molecular flexibility index (Phi) is 5.06. The molecule has 1 atom stereocenters. The van der Waals surface area contributed by atoms with Crippen molar-refractivity contribution in [2.45, 2.75) is 37.1 Å². The third-order valence-electron chi connectivity index (χ3n) is 3.55. The van der Waals surface area contributed by atoms with Gasteiger partial charge in [-0.05, 0) is 38.3 Å². The van der Waals surface area contributed by atoms with Gasteiger partial charge in [0.05, 0.1) is 11.3 Å². The fraction of sp³-hybridized carbons (Fsp3) is 0.467. The number of piperidine rings is 1. The van der Waals surface area contributed by atoms with E-state index in [-0.39, 0.29) is 23.6 Å². The highest BCUT2D eigenvalue weighted by Crippen LogP contribution is 2.26. The van der Waals surface area contributed by atoms with Gasteiger partial charge >= 0.3 is 0 Å². The molecule has 1 aliphatic heterocycles. The molecule has 2 N–H and O–H groups in total. The normalized spacial score (nSPS) is 18.9. The van der Waals surface area contributed by atoms with Crippen molar-refractivity contribution in [1.29, 1.82) is 0 Å². The van der Waals surface area contributed by atoms with Crippen LogP contribution >= 0.6 is 11.8 Å². The molecule has 1 aromatic rings. The third kappa shape index (κ3) is 3.54. The Balaban J connectivity index is 2.18. The summed E-state index contributed by atoms with van der Waals surface area (Å²) in [4.78, 5) is 26.4. The van der Waals surface area contributed by atoms with Crippen LogP contribution in [0.1, 0.15) is 36.5 Å². The van der Waals surface area contributed by atoms with Crippen molar-refractivity contribution in [1.82, 2.24) is 4.90 Å². The second kappa shape index (κ2) is 6.79. The average Bonchev–Trinajstić information content (AvgIpc) is 2.45. The van der Waals surface area contributed by atoms with Crippen molar-refractivity contribution in [2.24, 2.45) is 5.73 Å². The second-order valence-electron chi connectivity index (χ2n) is 5.09. The molecular weight excluding hydrogens is 272 g/mol. The maximum Gasteiger partial charge on any atom is 0.255 e. The van der Waals surface area contributed by atoms with Gasteiger partial charge in [0.15, 0.2) is 0 Å². The first kappa shape index (κ1) is 14.9. The van der Waals surface area contributed by atoms with Crippen LogP contribution in [0.15, 0.2) is 29.2 Å². The molecule has 1 aromatic carbocycles. The smallest absolute Gasteiger partial charge is 0.255 e. The molecule has 0 spiro atoms. The zero-order valence-electron chi connectivity index (χ0n) is 11.7. The van der Waals surface area contributed by atoms with Gasteiger partial charge in [0.1, 0.15) is 0 Å². The van der Waals surface area contributed by atoms with Gasteiger partial charge in [0.2, 0.25) is 5.91 Å². The predicted molar refractivity (Wildman–Crippen MR) is 80.7 cm³/mol. The highest BCUT2D eigenvalue weighted by atomic mass is 32.2. The van der Waals surface area contributed by atoms with E-state index >= 15 is 0 Å². The first-order valence-electron chi connectivity index (χ1n) is 6.90. The fourth-order valence-electron chi connectivity index (χ4n) is 2.47. The Bertz CT molecular complexity index is 504. The number of thioether (sulfide) groups is 1. The highest BCUT2D eigenvalue weighted by Gasteiger charge is 2.25. The van der Waals surface area contributed by atoms with E-state index in [0.29, 0.717) is 5.56 Å². The molecule has 1 unspecified atom stereocenters. The van der Waals surface area contributed by atoms with Gasteiger partial charge in [-0.1, -0.05) is 12.1 Å². The van der Waals surface area contributed by atoms with Crippen LogP contribution in [0.2, 0.25) is 0 Å². The third-order valence-corrected chi connectivity index (χ3v) is 4.65. The predicted octanol–water partition coefficient (Wildman–Crippen LogP) is 2.28. The Labute approximate surface area is 123 Å². The number of hydrogen-bond acceptors (Lipinski definition) is 3. The van der Waals surface area contributed by atoms with Gasteiger partial charge in [-0.2, -0.15) is 0 Å². The van der Waals surface area contributed by atoms with Crippen molar-refractivity contribution in [3.63, 3.8) is 0 Å². The quantitative estimate of drug-likeness (QED) is 0.866. The SMILES string of the molecule is CC1CCCCN1C(=O)c1ccccc1SCC(N)=O. The maximum absolute atomic E-state index is 12.7. The van der Waals surface area contributed by atoms with Crippen LogP contribution in [-0.4, -0.2) is 35.1 Å². The summed E-state index contributed by atoms with van der Waals surface area (Å²) in [5, 5.41) is 0. The zero-order valence-corrected chi connectivity index (χ0v) is 12.5. The summed E-state index contributed by atoms with van der Waals surface area (Å²) in [7, 11) is 0. The van der Waals surface area contributed by atoms with Crippen molar-refractivity contribution >= 4 is 23.6 Å². The number of nitrogens with two attached hydrogens (primary N) is 1. The minimum absolute atomic E-state index is 0.0600. The Morgan fingerprint density at radius 3 is 2.80 bits per heavy atom. The van der Waals surface area contributed by atoms with Gasteiger partial charge < -0.3 is 10.6 Å². The lowest BCUT2D eigenvalue weighted by Gasteiger charge is -2.33. The summed E-state index contributed by atoms with van der Waals surface area (Å²) >= 11 is 1.33. The standard InChI is InChI=1S/C15H20N2O2S/c1-11-6-4-5-9-17(11)15(19)12-7-2-3-8-13(12)20-10-14(16)18/h2-3,7-8,11H,4-6,9-10H2,1H3,(H2,16,18). The summed E-state index contributed by atoms with van der Waals surface area (Å²) in [5.41, 5.74) is 5.85. The van der Waals surface area contributed by atoms with Gasteiger partial charge in [-0.25, -0.2) is 0 Å². The molecule has 0 bridgehead atoms. The minimum atomic E-state index is -0.372. The van der Waals surface area contributed by atoms with Crippen molar-refractivity contribution in [3.8, 4) is 0 Å². The van der Waals surface area contributed by atoms with Crippen molar-refractivity contribution in [3.05, 3.63) is 29.8 Å². The number of benzene rings is 1. The van der Waals surface area contributed by atoms with Crippen LogP contribution in [-0.2, 0) is 4.79 Å². The number of rotatable bonds is 4. The average molecular weight is 292 g/mol. The number of amides is 2. The van der Waals surface area contributed by atoms with Gasteiger partial charge in [-0.15, -0.1) is 11.8 Å². The first-order chi connectivity index (χ1) is 9.59. The molecule has 20 heavy (non-hydrogen) atoms. The lowest BCUT2D eigenvalue weighted by molar-refractivity contribution is -0.115. The number of primary amides is 1. The van der Waals surface area contributed by atoms with Crippen LogP contribution in [0.4, 0.5) is 0 Å². The van der Waals surface area contributed by atoms with Crippen LogP contribution < -0.4 is 5.73 Å². The number of likely N-dealkylation sites (tertiary alicyclic amines) is 1. The molecule has 1 saturated heterocycles.